The van der Waals surface area contributed by atoms with Crippen molar-refractivity contribution in [3.63, 3.8) is 0 Å². The molecule has 0 unspecified atom stereocenters. The summed E-state index contributed by atoms with van der Waals surface area (Å²) in [7, 11) is 5.04. The zero-order valence-electron chi connectivity index (χ0n) is 20.7. The molecule has 3 aromatic heterocycles. The zero-order valence-corrected chi connectivity index (χ0v) is 21.5. The smallest absolute Gasteiger partial charge is 0.258 e. The van der Waals surface area contributed by atoms with E-state index in [-0.39, 0.29) is 11.5 Å². The van der Waals surface area contributed by atoms with Crippen LogP contribution < -0.4 is 14.8 Å². The highest BCUT2D eigenvalue weighted by Crippen LogP contribution is 2.34. The highest BCUT2D eigenvalue weighted by molar-refractivity contribution is 6.39. The summed E-state index contributed by atoms with van der Waals surface area (Å²) >= 11 is 6.55. The molecule has 0 fully saturated rings. The van der Waals surface area contributed by atoms with Gasteiger partial charge in [-0.3, -0.25) is 9.48 Å². The number of methoxy groups -OCH3 is 2. The number of rotatable bonds is 6. The molecule has 0 aliphatic rings. The molecule has 1 N–H and O–H groups in total. The number of hydrogen-bond acceptors (Lipinski definition) is 6. The molecule has 5 rings (SSSR count). The van der Waals surface area contributed by atoms with Gasteiger partial charge in [-0.15, -0.1) is 0 Å². The number of hydrogen-bond donors (Lipinski definition) is 1. The summed E-state index contributed by atoms with van der Waals surface area (Å²) in [6.45, 7) is 1.84. The van der Waals surface area contributed by atoms with Gasteiger partial charge in [0.25, 0.3) is 5.91 Å². The second kappa shape index (κ2) is 9.91. The number of pyridine rings is 2. The van der Waals surface area contributed by atoms with Crippen molar-refractivity contribution in [3.05, 3.63) is 83.1 Å². The van der Waals surface area contributed by atoms with Crippen molar-refractivity contribution >= 4 is 34.2 Å². The van der Waals surface area contributed by atoms with Gasteiger partial charge < -0.3 is 14.8 Å². The van der Waals surface area contributed by atoms with Gasteiger partial charge in [-0.25, -0.2) is 9.97 Å². The van der Waals surface area contributed by atoms with E-state index in [0.717, 1.165) is 34.0 Å². The van der Waals surface area contributed by atoms with E-state index >= 15 is 0 Å². The van der Waals surface area contributed by atoms with E-state index in [1.807, 2.05) is 67.6 Å². The zero-order chi connectivity index (χ0) is 26.1. The van der Waals surface area contributed by atoms with Crippen LogP contribution >= 0.6 is 11.6 Å². The number of carbonyl (C=O) groups excluding carboxylic acids is 1. The van der Waals surface area contributed by atoms with Crippen LogP contribution in [0.15, 0.2) is 66.9 Å². The standard InChI is InChI=1S/C28H24ClN5O3/c1-16-25-26(29)21(15-30-27(25)34(2)33-16)28(35)31-18-10-8-17(9-11-18)22-6-5-7-23(32-22)20-14-19(36-3)12-13-24(20)37-4/h5-15H,1-4H3,(H,31,35). The molecule has 0 saturated carbocycles. The quantitative estimate of drug-likeness (QED) is 0.302. The van der Waals surface area contributed by atoms with Crippen molar-refractivity contribution < 1.29 is 14.3 Å². The van der Waals surface area contributed by atoms with Crippen LogP contribution in [0.4, 0.5) is 5.69 Å². The van der Waals surface area contributed by atoms with Crippen LogP contribution in [-0.4, -0.2) is 39.9 Å². The van der Waals surface area contributed by atoms with E-state index in [9.17, 15) is 4.79 Å². The molecule has 2 aromatic carbocycles. The van der Waals surface area contributed by atoms with Crippen LogP contribution in [0.1, 0.15) is 16.1 Å². The Morgan fingerprint density at radius 3 is 2.49 bits per heavy atom. The molecule has 0 aliphatic heterocycles. The first-order valence-corrected chi connectivity index (χ1v) is 11.9. The molecule has 8 nitrogen and oxygen atoms in total. The number of amides is 1. The molecule has 5 aromatic rings. The maximum Gasteiger partial charge on any atom is 0.258 e. The van der Waals surface area contributed by atoms with Gasteiger partial charge in [0.05, 0.1) is 47.3 Å². The second-order valence-electron chi connectivity index (χ2n) is 8.40. The monoisotopic (exact) mass is 513 g/mol. The molecule has 186 valence electrons. The first-order chi connectivity index (χ1) is 17.9. The lowest BCUT2D eigenvalue weighted by Crippen LogP contribution is -2.13. The van der Waals surface area contributed by atoms with Crippen molar-refractivity contribution in [2.45, 2.75) is 6.92 Å². The lowest BCUT2D eigenvalue weighted by molar-refractivity contribution is 0.102. The van der Waals surface area contributed by atoms with Gasteiger partial charge in [0.2, 0.25) is 0 Å². The average Bonchev–Trinajstić information content (AvgIpc) is 3.22. The second-order valence-corrected chi connectivity index (χ2v) is 8.78. The summed E-state index contributed by atoms with van der Waals surface area (Å²) in [5.74, 6) is 1.08. The molecule has 0 aliphatic carbocycles. The van der Waals surface area contributed by atoms with Crippen molar-refractivity contribution in [3.8, 4) is 34.0 Å². The number of nitrogens with zero attached hydrogens (tertiary/aromatic N) is 4. The minimum absolute atomic E-state index is 0.288. The number of halogens is 1. The van der Waals surface area contributed by atoms with Gasteiger partial charge in [0.15, 0.2) is 5.65 Å². The molecule has 9 heteroatoms. The third kappa shape index (κ3) is 4.59. The van der Waals surface area contributed by atoms with Crippen molar-refractivity contribution in [1.82, 2.24) is 19.7 Å². The Bertz CT molecular complexity index is 1630. The number of aromatic nitrogens is 4. The molecule has 3 heterocycles. The highest BCUT2D eigenvalue weighted by Gasteiger charge is 2.19. The minimum atomic E-state index is -0.347. The average molecular weight is 514 g/mol. The van der Waals surface area contributed by atoms with Crippen molar-refractivity contribution in [2.24, 2.45) is 7.05 Å². The normalized spacial score (nSPS) is 10.9. The Morgan fingerprint density at radius 1 is 1.00 bits per heavy atom. The fraction of sp³-hybridized carbons (Fsp3) is 0.143. The molecular weight excluding hydrogens is 490 g/mol. The van der Waals surface area contributed by atoms with Gasteiger partial charge in [0, 0.05) is 30.1 Å². The van der Waals surface area contributed by atoms with Gasteiger partial charge in [-0.1, -0.05) is 29.8 Å². The fourth-order valence-corrected chi connectivity index (χ4v) is 4.56. The number of nitrogens with one attached hydrogen (secondary N) is 1. The predicted octanol–water partition coefficient (Wildman–Crippen LogP) is 5.93. The maximum atomic E-state index is 13.0. The molecule has 1 amide bonds. The van der Waals surface area contributed by atoms with E-state index in [4.69, 9.17) is 26.1 Å². The van der Waals surface area contributed by atoms with Crippen LogP contribution in [0.5, 0.6) is 11.5 Å². The number of aryl methyl sites for hydroxylation is 2. The van der Waals surface area contributed by atoms with Crippen LogP contribution in [0, 0.1) is 6.92 Å². The first-order valence-electron chi connectivity index (χ1n) is 11.5. The Kier molecular flexibility index (Phi) is 6.50. The molecule has 0 saturated heterocycles. The van der Waals surface area contributed by atoms with Crippen LogP contribution in [0.3, 0.4) is 0 Å². The SMILES string of the molecule is COc1ccc(OC)c(-c2cccc(-c3ccc(NC(=O)c4cnc5c(c(C)nn5C)c4Cl)cc3)n2)c1. The molecule has 0 atom stereocenters. The lowest BCUT2D eigenvalue weighted by Gasteiger charge is -2.12. The van der Waals surface area contributed by atoms with Gasteiger partial charge in [0.1, 0.15) is 11.5 Å². The number of carbonyl (C=O) groups is 1. The number of ether oxygens (including phenoxy) is 2. The van der Waals surface area contributed by atoms with Gasteiger partial charge >= 0.3 is 0 Å². The lowest BCUT2D eigenvalue weighted by atomic mass is 10.1. The maximum absolute atomic E-state index is 13.0. The third-order valence-electron chi connectivity index (χ3n) is 6.08. The Balaban J connectivity index is 1.39. The van der Waals surface area contributed by atoms with Crippen LogP contribution in [-0.2, 0) is 7.05 Å². The molecule has 0 bridgehead atoms. The van der Waals surface area contributed by atoms with Crippen molar-refractivity contribution in [1.29, 1.82) is 0 Å². The Hall–Kier alpha value is -4.43. The minimum Gasteiger partial charge on any atom is -0.497 e. The van der Waals surface area contributed by atoms with Crippen molar-refractivity contribution in [2.75, 3.05) is 19.5 Å². The van der Waals surface area contributed by atoms with Crippen LogP contribution in [0.25, 0.3) is 33.5 Å². The summed E-state index contributed by atoms with van der Waals surface area (Å²) in [6.07, 6.45) is 1.47. The fourth-order valence-electron chi connectivity index (χ4n) is 4.21. The topological polar surface area (TPSA) is 91.2 Å². The van der Waals surface area contributed by atoms with Gasteiger partial charge in [-0.2, -0.15) is 5.10 Å². The molecule has 0 radical (unpaired) electrons. The summed E-state index contributed by atoms with van der Waals surface area (Å²) in [5, 5.41) is 8.23. The third-order valence-corrected chi connectivity index (χ3v) is 6.47. The molecule has 0 spiro atoms. The summed E-state index contributed by atoms with van der Waals surface area (Å²) in [4.78, 5) is 22.2. The molecule has 37 heavy (non-hydrogen) atoms. The number of anilines is 1. The van der Waals surface area contributed by atoms with Gasteiger partial charge in [-0.05, 0) is 49.4 Å². The summed E-state index contributed by atoms with van der Waals surface area (Å²) in [6, 6.07) is 18.8. The highest BCUT2D eigenvalue weighted by atomic mass is 35.5. The first kappa shape index (κ1) is 24.3. The molecular formula is C28H24ClN5O3. The van der Waals surface area contributed by atoms with E-state index in [0.29, 0.717) is 27.5 Å². The predicted molar refractivity (Wildman–Crippen MR) is 144 cm³/mol. The number of fused-ring (bicyclic) bond motifs is 1. The van der Waals surface area contributed by atoms with E-state index in [1.165, 1.54) is 6.20 Å². The van der Waals surface area contributed by atoms with E-state index < -0.39 is 0 Å². The number of benzene rings is 2. The van der Waals surface area contributed by atoms with Crippen LogP contribution in [0.2, 0.25) is 5.02 Å². The van der Waals surface area contributed by atoms with E-state index in [2.05, 4.69) is 15.4 Å². The summed E-state index contributed by atoms with van der Waals surface area (Å²) in [5.41, 5.74) is 5.53. The Labute approximate surface area is 218 Å². The Morgan fingerprint density at radius 2 is 1.76 bits per heavy atom. The largest absolute Gasteiger partial charge is 0.497 e. The van der Waals surface area contributed by atoms with E-state index in [1.54, 1.807) is 25.9 Å². The summed E-state index contributed by atoms with van der Waals surface area (Å²) < 4.78 is 12.5.